The molecule has 30 heavy (non-hydrogen) atoms. The minimum atomic E-state index is -0.168. The minimum Gasteiger partial charge on any atom is -0.494 e. The fourth-order valence-electron chi connectivity index (χ4n) is 2.64. The van der Waals surface area contributed by atoms with Crippen molar-refractivity contribution < 1.29 is 23.7 Å². The molecule has 0 radical (unpaired) electrons. The van der Waals surface area contributed by atoms with Crippen LogP contribution < -0.4 is 24.3 Å². The second kappa shape index (κ2) is 12.9. The van der Waals surface area contributed by atoms with Crippen LogP contribution in [0.3, 0.4) is 0 Å². The first-order valence-corrected chi connectivity index (χ1v) is 11.1. The number of rotatable bonds is 13. The Morgan fingerprint density at radius 1 is 0.967 bits per heavy atom. The van der Waals surface area contributed by atoms with Gasteiger partial charge in [-0.25, -0.2) is 0 Å². The molecule has 1 N–H and O–H groups in total. The van der Waals surface area contributed by atoms with Crippen molar-refractivity contribution in [1.82, 2.24) is 5.32 Å². The van der Waals surface area contributed by atoms with Gasteiger partial charge in [0, 0.05) is 12.3 Å². The summed E-state index contributed by atoms with van der Waals surface area (Å²) >= 11 is 1.56. The first-order chi connectivity index (χ1) is 14.6. The molecule has 0 saturated carbocycles. The summed E-state index contributed by atoms with van der Waals surface area (Å²) < 4.78 is 21.8. The summed E-state index contributed by atoms with van der Waals surface area (Å²) in [5.41, 5.74) is 0.952. The molecule has 0 bridgehead atoms. The van der Waals surface area contributed by atoms with E-state index in [1.807, 2.05) is 49.4 Å². The lowest BCUT2D eigenvalue weighted by molar-refractivity contribution is -0.120. The van der Waals surface area contributed by atoms with E-state index in [9.17, 15) is 4.79 Å². The monoisotopic (exact) mass is 433 g/mol. The van der Waals surface area contributed by atoms with Crippen molar-refractivity contribution in [3.63, 3.8) is 0 Å². The molecular formula is C23H31NO5S. The van der Waals surface area contributed by atoms with E-state index < -0.39 is 0 Å². The maximum absolute atomic E-state index is 12.3. The summed E-state index contributed by atoms with van der Waals surface area (Å²) in [6, 6.07) is 13.2. The van der Waals surface area contributed by atoms with Crippen molar-refractivity contribution in [1.29, 1.82) is 0 Å². The lowest BCUT2D eigenvalue weighted by Crippen LogP contribution is -2.30. The Hall–Kier alpha value is -2.54. The van der Waals surface area contributed by atoms with Crippen LogP contribution in [-0.4, -0.2) is 44.3 Å². The van der Waals surface area contributed by atoms with Crippen LogP contribution in [0.25, 0.3) is 0 Å². The second-order valence-corrected chi connectivity index (χ2v) is 8.04. The molecule has 0 aliphatic carbocycles. The number of methoxy groups -OCH3 is 2. The van der Waals surface area contributed by atoms with Crippen LogP contribution in [0.5, 0.6) is 23.0 Å². The molecule has 1 amide bonds. The third-order valence-electron chi connectivity index (χ3n) is 4.30. The molecular weight excluding hydrogens is 402 g/mol. The van der Waals surface area contributed by atoms with E-state index in [0.717, 1.165) is 29.2 Å². The largest absolute Gasteiger partial charge is 0.494 e. The van der Waals surface area contributed by atoms with E-state index in [4.69, 9.17) is 18.9 Å². The average Bonchev–Trinajstić information content (AvgIpc) is 2.79. The van der Waals surface area contributed by atoms with Crippen LogP contribution in [0, 0.1) is 0 Å². The molecule has 2 aromatic rings. The molecule has 0 aromatic heterocycles. The minimum absolute atomic E-state index is 0.00721. The molecule has 0 aliphatic rings. The Kier molecular flexibility index (Phi) is 10.2. The Morgan fingerprint density at radius 3 is 2.20 bits per heavy atom. The van der Waals surface area contributed by atoms with Crippen LogP contribution in [0.2, 0.25) is 0 Å². The third kappa shape index (κ3) is 7.71. The number of hydrogen-bond donors (Lipinski definition) is 1. The zero-order valence-electron chi connectivity index (χ0n) is 18.1. The van der Waals surface area contributed by atoms with Crippen LogP contribution >= 0.6 is 11.8 Å². The second-order valence-electron chi connectivity index (χ2n) is 6.59. The number of hydrogen-bond acceptors (Lipinski definition) is 6. The van der Waals surface area contributed by atoms with E-state index in [2.05, 4.69) is 12.2 Å². The molecule has 6 nitrogen and oxygen atoms in total. The Morgan fingerprint density at radius 2 is 1.60 bits per heavy atom. The summed E-state index contributed by atoms with van der Waals surface area (Å²) in [6.07, 6.45) is 0.982. The SMILES string of the molecule is CCCOc1ccc(OCCSC(C)C(=O)NCc2ccc(OC)c(OC)c2)cc1. The standard InChI is InChI=1S/C23H31NO5S/c1-5-12-28-19-7-9-20(10-8-19)29-13-14-30-17(2)23(25)24-16-18-6-11-21(26-3)22(15-18)27-4/h6-11,15,17H,5,12-14,16H2,1-4H3,(H,24,25). The van der Waals surface area contributed by atoms with Crippen molar-refractivity contribution in [2.45, 2.75) is 32.1 Å². The lowest BCUT2D eigenvalue weighted by Gasteiger charge is -2.14. The fourth-order valence-corrected chi connectivity index (χ4v) is 3.40. The van der Waals surface area contributed by atoms with Gasteiger partial charge in [-0.3, -0.25) is 4.79 Å². The van der Waals surface area contributed by atoms with Gasteiger partial charge in [0.1, 0.15) is 11.5 Å². The number of ether oxygens (including phenoxy) is 4. The van der Waals surface area contributed by atoms with Crippen LogP contribution in [0.1, 0.15) is 25.8 Å². The van der Waals surface area contributed by atoms with Crippen molar-refractivity contribution in [3.05, 3.63) is 48.0 Å². The molecule has 1 unspecified atom stereocenters. The molecule has 2 aromatic carbocycles. The van der Waals surface area contributed by atoms with Gasteiger partial charge < -0.3 is 24.3 Å². The van der Waals surface area contributed by atoms with E-state index in [-0.39, 0.29) is 11.2 Å². The van der Waals surface area contributed by atoms with E-state index in [0.29, 0.717) is 31.3 Å². The molecule has 1 atom stereocenters. The Labute approximate surface area is 183 Å². The zero-order chi connectivity index (χ0) is 21.8. The predicted octanol–water partition coefficient (Wildman–Crippen LogP) is 4.31. The predicted molar refractivity (Wildman–Crippen MR) is 121 cm³/mol. The number of carbonyl (C=O) groups excluding carboxylic acids is 1. The molecule has 0 spiro atoms. The third-order valence-corrected chi connectivity index (χ3v) is 5.42. The van der Waals surface area contributed by atoms with E-state index in [1.165, 1.54) is 0 Å². The smallest absolute Gasteiger partial charge is 0.233 e. The fraction of sp³-hybridized carbons (Fsp3) is 0.435. The molecule has 164 valence electrons. The zero-order valence-corrected chi connectivity index (χ0v) is 18.9. The highest BCUT2D eigenvalue weighted by Crippen LogP contribution is 2.27. The van der Waals surface area contributed by atoms with E-state index >= 15 is 0 Å². The van der Waals surface area contributed by atoms with Crippen LogP contribution in [0.4, 0.5) is 0 Å². The highest BCUT2D eigenvalue weighted by molar-refractivity contribution is 8.00. The summed E-state index contributed by atoms with van der Waals surface area (Å²) in [4.78, 5) is 12.3. The molecule has 2 rings (SSSR count). The lowest BCUT2D eigenvalue weighted by atomic mass is 10.2. The summed E-state index contributed by atoms with van der Waals surface area (Å²) in [5.74, 6) is 3.67. The van der Waals surface area contributed by atoms with Gasteiger partial charge in [-0.2, -0.15) is 0 Å². The summed E-state index contributed by atoms with van der Waals surface area (Å²) in [6.45, 7) is 5.66. The Balaban J connectivity index is 1.68. The van der Waals surface area contributed by atoms with Crippen molar-refractivity contribution in [3.8, 4) is 23.0 Å². The van der Waals surface area contributed by atoms with Crippen molar-refractivity contribution in [2.75, 3.05) is 33.2 Å². The van der Waals surface area contributed by atoms with Gasteiger partial charge in [-0.1, -0.05) is 13.0 Å². The topological polar surface area (TPSA) is 66.0 Å². The maximum atomic E-state index is 12.3. The number of thioether (sulfide) groups is 1. The number of carbonyl (C=O) groups is 1. The van der Waals surface area contributed by atoms with Gasteiger partial charge in [0.25, 0.3) is 0 Å². The van der Waals surface area contributed by atoms with Crippen LogP contribution in [-0.2, 0) is 11.3 Å². The van der Waals surface area contributed by atoms with Gasteiger partial charge in [0.2, 0.25) is 5.91 Å². The molecule has 0 fully saturated rings. The maximum Gasteiger partial charge on any atom is 0.233 e. The molecule has 0 saturated heterocycles. The normalized spacial score (nSPS) is 11.5. The van der Waals surface area contributed by atoms with Gasteiger partial charge in [0.15, 0.2) is 11.5 Å². The van der Waals surface area contributed by atoms with Gasteiger partial charge in [-0.15, -0.1) is 11.8 Å². The van der Waals surface area contributed by atoms with Gasteiger partial charge in [0.05, 0.1) is 32.7 Å². The summed E-state index contributed by atoms with van der Waals surface area (Å²) in [5, 5.41) is 2.79. The van der Waals surface area contributed by atoms with Crippen LogP contribution in [0.15, 0.2) is 42.5 Å². The highest BCUT2D eigenvalue weighted by Gasteiger charge is 2.13. The van der Waals surface area contributed by atoms with Gasteiger partial charge >= 0.3 is 0 Å². The highest BCUT2D eigenvalue weighted by atomic mass is 32.2. The first kappa shape index (κ1) is 23.7. The van der Waals surface area contributed by atoms with E-state index in [1.54, 1.807) is 26.0 Å². The average molecular weight is 434 g/mol. The molecule has 7 heteroatoms. The van der Waals surface area contributed by atoms with Gasteiger partial charge in [-0.05, 0) is 55.3 Å². The number of amides is 1. The number of nitrogens with one attached hydrogen (secondary N) is 1. The first-order valence-electron chi connectivity index (χ1n) is 10.0. The number of benzene rings is 2. The molecule has 0 aliphatic heterocycles. The Bertz CT molecular complexity index is 782. The molecule has 0 heterocycles. The van der Waals surface area contributed by atoms with Crippen molar-refractivity contribution in [2.24, 2.45) is 0 Å². The van der Waals surface area contributed by atoms with Crippen molar-refractivity contribution >= 4 is 17.7 Å². The summed E-state index contributed by atoms with van der Waals surface area (Å²) in [7, 11) is 3.19. The quantitative estimate of drug-likeness (QED) is 0.475.